The Balaban J connectivity index is 1.75. The first-order valence-electron chi connectivity index (χ1n) is 7.08. The number of fused-ring (bicyclic) bond motifs is 1. The van der Waals surface area contributed by atoms with Gasteiger partial charge in [0.15, 0.2) is 0 Å². The number of hydrogen-bond acceptors (Lipinski definition) is 3. The maximum absolute atomic E-state index is 12.1. The molecule has 2 heterocycles. The van der Waals surface area contributed by atoms with Crippen LogP contribution >= 0.6 is 0 Å². The molecule has 1 aliphatic rings. The van der Waals surface area contributed by atoms with Gasteiger partial charge < -0.3 is 4.98 Å². The van der Waals surface area contributed by atoms with Gasteiger partial charge in [-0.1, -0.05) is 18.2 Å². The van der Waals surface area contributed by atoms with Crippen molar-refractivity contribution in [2.45, 2.75) is 26.2 Å². The van der Waals surface area contributed by atoms with Gasteiger partial charge in [0.05, 0.1) is 5.75 Å². The highest BCUT2D eigenvalue weighted by Gasteiger charge is 2.31. The first kappa shape index (κ1) is 14.1. The second-order valence-corrected chi connectivity index (χ2v) is 7.46. The van der Waals surface area contributed by atoms with Crippen molar-refractivity contribution in [3.63, 3.8) is 0 Å². The Kier molecular flexibility index (Phi) is 3.49. The van der Waals surface area contributed by atoms with Gasteiger partial charge in [0.25, 0.3) is 0 Å². The molecule has 0 radical (unpaired) electrons. The number of para-hydroxylation sites is 1. The molecule has 3 rings (SSSR count). The summed E-state index contributed by atoms with van der Waals surface area (Å²) in [6.07, 6.45) is 3.22. The minimum Gasteiger partial charge on any atom is -0.361 e. The zero-order valence-electron chi connectivity index (χ0n) is 11.9. The van der Waals surface area contributed by atoms with Crippen LogP contribution in [0.5, 0.6) is 0 Å². The summed E-state index contributed by atoms with van der Waals surface area (Å²) in [6.45, 7) is 2.36. The Morgan fingerprint density at radius 2 is 2.19 bits per heavy atom. The highest BCUT2D eigenvalue weighted by Crippen LogP contribution is 2.23. The number of sulfonamides is 1. The summed E-state index contributed by atoms with van der Waals surface area (Å²) in [5, 5.41) is 1.10. The average Bonchev–Trinajstić information content (AvgIpc) is 3.00. The van der Waals surface area contributed by atoms with Crippen molar-refractivity contribution in [3.05, 3.63) is 35.5 Å². The SMILES string of the molecule is Cc1cccc2c(CCC(=O)N3CCCS3(=O)=O)c[nH]c12. The van der Waals surface area contributed by atoms with Gasteiger partial charge in [-0.2, -0.15) is 0 Å². The average molecular weight is 306 g/mol. The fourth-order valence-corrected chi connectivity index (χ4v) is 4.38. The molecule has 1 aromatic heterocycles. The fraction of sp³-hybridized carbons (Fsp3) is 0.400. The first-order chi connectivity index (χ1) is 9.99. The second-order valence-electron chi connectivity index (χ2n) is 5.45. The highest BCUT2D eigenvalue weighted by molar-refractivity contribution is 7.89. The molecule has 2 aromatic rings. The normalized spacial score (nSPS) is 17.5. The maximum atomic E-state index is 12.1. The van der Waals surface area contributed by atoms with E-state index >= 15 is 0 Å². The first-order valence-corrected chi connectivity index (χ1v) is 8.69. The standard InChI is InChI=1S/C15H18N2O3S/c1-11-4-2-5-13-12(10-16-15(11)13)6-7-14(18)17-8-3-9-21(17,19)20/h2,4-5,10,16H,3,6-9H2,1H3. The van der Waals surface area contributed by atoms with Gasteiger partial charge in [-0.05, 0) is 30.9 Å². The summed E-state index contributed by atoms with van der Waals surface area (Å²) in [5.41, 5.74) is 3.29. The van der Waals surface area contributed by atoms with Gasteiger partial charge in [-0.3, -0.25) is 4.79 Å². The summed E-state index contributed by atoms with van der Waals surface area (Å²) in [7, 11) is -3.35. The van der Waals surface area contributed by atoms with E-state index in [1.165, 1.54) is 0 Å². The molecule has 112 valence electrons. The lowest BCUT2D eigenvalue weighted by Crippen LogP contribution is -2.32. The van der Waals surface area contributed by atoms with Crippen LogP contribution in [0, 0.1) is 6.92 Å². The molecule has 0 atom stereocenters. The van der Waals surface area contributed by atoms with Gasteiger partial charge in [-0.25, -0.2) is 12.7 Å². The molecule has 1 saturated heterocycles. The number of aromatic nitrogens is 1. The van der Waals surface area contributed by atoms with Crippen molar-refractivity contribution < 1.29 is 13.2 Å². The number of aromatic amines is 1. The Morgan fingerprint density at radius 3 is 2.90 bits per heavy atom. The molecule has 5 nitrogen and oxygen atoms in total. The maximum Gasteiger partial charge on any atom is 0.237 e. The fourth-order valence-electron chi connectivity index (χ4n) is 2.86. The number of rotatable bonds is 3. The number of carbonyl (C=O) groups is 1. The summed E-state index contributed by atoms with van der Waals surface area (Å²) >= 11 is 0. The zero-order chi connectivity index (χ0) is 15.0. The lowest BCUT2D eigenvalue weighted by molar-refractivity contribution is -0.126. The summed E-state index contributed by atoms with van der Waals surface area (Å²) in [5.74, 6) is -0.208. The van der Waals surface area contributed by atoms with E-state index in [1.807, 2.05) is 31.3 Å². The lowest BCUT2D eigenvalue weighted by atomic mass is 10.1. The monoisotopic (exact) mass is 306 g/mol. The van der Waals surface area contributed by atoms with Crippen molar-refractivity contribution in [2.24, 2.45) is 0 Å². The van der Waals surface area contributed by atoms with E-state index in [9.17, 15) is 13.2 Å². The molecule has 21 heavy (non-hydrogen) atoms. The predicted molar refractivity (Wildman–Crippen MR) is 81.5 cm³/mol. The molecule has 0 spiro atoms. The van der Waals surface area contributed by atoms with Gasteiger partial charge in [0.1, 0.15) is 0 Å². The topological polar surface area (TPSA) is 70.2 Å². The van der Waals surface area contributed by atoms with E-state index in [-0.39, 0.29) is 18.1 Å². The van der Waals surface area contributed by atoms with Crippen molar-refractivity contribution in [2.75, 3.05) is 12.3 Å². The van der Waals surface area contributed by atoms with Crippen LogP contribution in [-0.4, -0.2) is 35.9 Å². The van der Waals surface area contributed by atoms with E-state index in [0.717, 1.165) is 26.3 Å². The van der Waals surface area contributed by atoms with Gasteiger partial charge in [0, 0.05) is 30.1 Å². The molecule has 0 bridgehead atoms. The van der Waals surface area contributed by atoms with Gasteiger partial charge in [-0.15, -0.1) is 0 Å². The number of benzene rings is 1. The van der Waals surface area contributed by atoms with Gasteiger partial charge in [0.2, 0.25) is 15.9 Å². The van der Waals surface area contributed by atoms with Crippen molar-refractivity contribution in [1.29, 1.82) is 0 Å². The van der Waals surface area contributed by atoms with E-state index in [2.05, 4.69) is 4.98 Å². The Bertz CT molecular complexity index is 792. The summed E-state index contributed by atoms with van der Waals surface area (Å²) in [4.78, 5) is 15.3. The van der Waals surface area contributed by atoms with Crippen LogP contribution in [-0.2, 0) is 21.2 Å². The zero-order valence-corrected chi connectivity index (χ0v) is 12.7. The van der Waals surface area contributed by atoms with E-state index in [1.54, 1.807) is 0 Å². The number of aryl methyl sites for hydroxylation is 2. The number of nitrogens with one attached hydrogen (secondary N) is 1. The molecule has 0 unspecified atom stereocenters. The van der Waals surface area contributed by atoms with Crippen molar-refractivity contribution >= 4 is 26.8 Å². The van der Waals surface area contributed by atoms with Crippen LogP contribution < -0.4 is 0 Å². The van der Waals surface area contributed by atoms with Crippen LogP contribution in [0.1, 0.15) is 24.0 Å². The predicted octanol–water partition coefficient (Wildman–Crippen LogP) is 1.97. The van der Waals surface area contributed by atoms with Crippen LogP contribution in [0.15, 0.2) is 24.4 Å². The molecular formula is C15H18N2O3S. The smallest absolute Gasteiger partial charge is 0.237 e. The molecular weight excluding hydrogens is 288 g/mol. The third-order valence-corrected chi connectivity index (χ3v) is 5.86. The molecule has 1 fully saturated rings. The van der Waals surface area contributed by atoms with E-state index in [4.69, 9.17) is 0 Å². The van der Waals surface area contributed by atoms with E-state index in [0.29, 0.717) is 19.4 Å². The third-order valence-electron chi connectivity index (χ3n) is 4.00. The molecule has 1 aliphatic heterocycles. The van der Waals surface area contributed by atoms with Crippen molar-refractivity contribution in [1.82, 2.24) is 9.29 Å². The number of carbonyl (C=O) groups excluding carboxylic acids is 1. The number of hydrogen-bond donors (Lipinski definition) is 1. The Morgan fingerprint density at radius 1 is 1.38 bits per heavy atom. The quantitative estimate of drug-likeness (QED) is 0.942. The molecule has 1 N–H and O–H groups in total. The number of amides is 1. The summed E-state index contributed by atoms with van der Waals surface area (Å²) < 4.78 is 24.5. The number of H-pyrrole nitrogens is 1. The van der Waals surface area contributed by atoms with Crippen LogP contribution in [0.25, 0.3) is 10.9 Å². The summed E-state index contributed by atoms with van der Waals surface area (Å²) in [6, 6.07) is 6.04. The second kappa shape index (κ2) is 5.18. The van der Waals surface area contributed by atoms with E-state index < -0.39 is 10.0 Å². The molecule has 0 aliphatic carbocycles. The van der Waals surface area contributed by atoms with Crippen LogP contribution in [0.2, 0.25) is 0 Å². The Hall–Kier alpha value is -1.82. The van der Waals surface area contributed by atoms with Crippen LogP contribution in [0.4, 0.5) is 0 Å². The molecule has 0 saturated carbocycles. The minimum absolute atomic E-state index is 0.0883. The number of nitrogens with zero attached hydrogens (tertiary/aromatic N) is 1. The Labute approximate surface area is 124 Å². The highest BCUT2D eigenvalue weighted by atomic mass is 32.2. The molecule has 1 aromatic carbocycles. The van der Waals surface area contributed by atoms with Crippen molar-refractivity contribution in [3.8, 4) is 0 Å². The largest absolute Gasteiger partial charge is 0.361 e. The minimum atomic E-state index is -3.35. The lowest BCUT2D eigenvalue weighted by Gasteiger charge is -2.14. The van der Waals surface area contributed by atoms with Crippen LogP contribution in [0.3, 0.4) is 0 Å². The van der Waals surface area contributed by atoms with Gasteiger partial charge >= 0.3 is 0 Å². The molecule has 6 heteroatoms. The third kappa shape index (κ3) is 2.55. The molecule has 1 amide bonds.